The van der Waals surface area contributed by atoms with Crippen LogP contribution in [-0.2, 0) is 26.1 Å². The molecule has 1 fully saturated rings. The van der Waals surface area contributed by atoms with Crippen molar-refractivity contribution in [3.05, 3.63) is 47.5 Å². The van der Waals surface area contributed by atoms with E-state index in [2.05, 4.69) is 16.7 Å². The van der Waals surface area contributed by atoms with E-state index >= 15 is 0 Å². The molecular weight excluding hydrogens is 513 g/mol. The number of benzene rings is 1. The highest BCUT2D eigenvalue weighted by molar-refractivity contribution is 7.91. The number of nitriles is 1. The molecule has 0 saturated heterocycles. The number of amides is 1. The summed E-state index contributed by atoms with van der Waals surface area (Å²) in [6.07, 6.45) is 2.41. The molecule has 0 bridgehead atoms. The second-order valence-corrected chi connectivity index (χ2v) is 11.4. The molecule has 1 unspecified atom stereocenters. The van der Waals surface area contributed by atoms with Crippen LogP contribution < -0.4 is 10.6 Å². The summed E-state index contributed by atoms with van der Waals surface area (Å²) in [6.45, 7) is 4.25. The van der Waals surface area contributed by atoms with Crippen LogP contribution in [0.25, 0.3) is 0 Å². The largest absolute Gasteiger partial charge is 0.476 e. The summed E-state index contributed by atoms with van der Waals surface area (Å²) < 4.78 is 31.3. The Morgan fingerprint density at radius 1 is 1.26 bits per heavy atom. The molecule has 1 saturated carbocycles. The van der Waals surface area contributed by atoms with Gasteiger partial charge in [0, 0.05) is 26.7 Å². The second-order valence-electron chi connectivity index (χ2n) is 8.63. The minimum absolute atomic E-state index is 0.0770. The van der Waals surface area contributed by atoms with Crippen LogP contribution in [0.1, 0.15) is 37.8 Å². The minimum atomic E-state index is -3.71. The van der Waals surface area contributed by atoms with E-state index in [0.29, 0.717) is 24.9 Å². The van der Waals surface area contributed by atoms with Crippen molar-refractivity contribution in [2.75, 3.05) is 32.7 Å². The van der Waals surface area contributed by atoms with Gasteiger partial charge in [0.2, 0.25) is 21.8 Å². The van der Waals surface area contributed by atoms with Crippen molar-refractivity contribution in [2.24, 2.45) is 5.92 Å². The first-order chi connectivity index (χ1) is 16.5. The van der Waals surface area contributed by atoms with Gasteiger partial charge < -0.3 is 20.3 Å². The Labute approximate surface area is 218 Å². The topological polar surface area (TPSA) is 115 Å². The number of hydrogen-bond donors (Lipinski definition) is 2. The third-order valence-corrected chi connectivity index (χ3v) is 9.63. The molecule has 2 atom stereocenters. The van der Waals surface area contributed by atoms with Gasteiger partial charge in [-0.1, -0.05) is 19.1 Å². The molecule has 0 radical (unpaired) electrons. The summed E-state index contributed by atoms with van der Waals surface area (Å²) in [7, 11) is -0.455. The molecule has 1 amide bonds. The molecule has 35 heavy (non-hydrogen) atoms. The van der Waals surface area contributed by atoms with Crippen molar-refractivity contribution in [1.82, 2.24) is 19.8 Å². The molecule has 1 aliphatic carbocycles. The van der Waals surface area contributed by atoms with E-state index in [1.165, 1.54) is 11.1 Å². The summed E-state index contributed by atoms with van der Waals surface area (Å²) in [5.41, 5.74) is 1.61. The van der Waals surface area contributed by atoms with Gasteiger partial charge in [-0.05, 0) is 37.5 Å². The van der Waals surface area contributed by atoms with Crippen LogP contribution in [0, 0.1) is 17.2 Å². The van der Waals surface area contributed by atoms with E-state index < -0.39 is 14.8 Å². The number of hydrogen-bond acceptors (Lipinski definition) is 7. The Morgan fingerprint density at radius 2 is 1.86 bits per heavy atom. The summed E-state index contributed by atoms with van der Waals surface area (Å²) in [5, 5.41) is 15.1. The van der Waals surface area contributed by atoms with Gasteiger partial charge in [0.1, 0.15) is 11.4 Å². The lowest BCUT2D eigenvalue weighted by atomic mass is 10.0. The van der Waals surface area contributed by atoms with E-state index in [0.717, 1.165) is 9.87 Å². The Bertz CT molecular complexity index is 1030. The van der Waals surface area contributed by atoms with E-state index in [9.17, 15) is 13.2 Å². The second kappa shape index (κ2) is 12.8. The van der Waals surface area contributed by atoms with Crippen molar-refractivity contribution in [3.63, 3.8) is 0 Å². The lowest BCUT2D eigenvalue weighted by Crippen LogP contribution is -2.42. The molecule has 194 valence electrons. The Hall–Kier alpha value is -2.03. The molecule has 0 heterocycles. The molecule has 0 spiro atoms. The van der Waals surface area contributed by atoms with Crippen LogP contribution in [0.2, 0.25) is 0 Å². The predicted octanol–water partition coefficient (Wildman–Crippen LogP) is 2.72. The van der Waals surface area contributed by atoms with Gasteiger partial charge in [-0.15, -0.1) is 23.2 Å². The number of halogens is 2. The summed E-state index contributed by atoms with van der Waals surface area (Å²) in [6, 6.07) is 8.78. The Balaban J connectivity index is 1.95. The minimum Gasteiger partial charge on any atom is -0.476 e. The maximum absolute atomic E-state index is 13.0. The fourth-order valence-electron chi connectivity index (χ4n) is 3.36. The van der Waals surface area contributed by atoms with Gasteiger partial charge >= 0.3 is 0 Å². The third kappa shape index (κ3) is 7.24. The normalized spacial score (nSPS) is 16.8. The number of nitrogens with zero attached hydrogens (tertiary/aromatic N) is 3. The zero-order valence-electron chi connectivity index (χ0n) is 20.4. The van der Waals surface area contributed by atoms with Gasteiger partial charge in [0.25, 0.3) is 0 Å². The lowest BCUT2D eigenvalue weighted by Gasteiger charge is -2.26. The first kappa shape index (κ1) is 29.2. The zero-order valence-corrected chi connectivity index (χ0v) is 22.8. The molecule has 1 aliphatic rings. The summed E-state index contributed by atoms with van der Waals surface area (Å²) in [4.78, 5) is 14.4. The molecule has 2 N–H and O–H groups in total. The van der Waals surface area contributed by atoms with E-state index in [1.54, 1.807) is 26.2 Å². The highest BCUT2D eigenvalue weighted by Crippen LogP contribution is 2.45. The zero-order chi connectivity index (χ0) is 26.2. The smallest absolute Gasteiger partial charge is 0.230 e. The highest BCUT2D eigenvalue weighted by Gasteiger charge is 2.57. The number of rotatable bonds is 14. The van der Waals surface area contributed by atoms with Crippen molar-refractivity contribution < 1.29 is 17.9 Å². The van der Waals surface area contributed by atoms with Crippen LogP contribution in [0.4, 0.5) is 0 Å². The van der Waals surface area contributed by atoms with Crippen LogP contribution in [0.3, 0.4) is 0 Å². The predicted molar refractivity (Wildman–Crippen MR) is 137 cm³/mol. The van der Waals surface area contributed by atoms with Gasteiger partial charge in [-0.2, -0.15) is 9.57 Å². The van der Waals surface area contributed by atoms with Gasteiger partial charge in [-0.25, -0.2) is 8.42 Å². The number of alkyl halides is 2. The SMILES string of the molecule is CN/C(=C/N(C)C(=O)C(C)[C@H](C)NCc1ccc(C#N)cc1)OCC1(S(=O)(=O)N(CCl)CCl)CC1. The number of carbonyl (C=O) groups is 1. The van der Waals surface area contributed by atoms with E-state index in [1.807, 2.05) is 26.0 Å². The lowest BCUT2D eigenvalue weighted by molar-refractivity contribution is -0.132. The van der Waals surface area contributed by atoms with Crippen LogP contribution >= 0.6 is 23.2 Å². The fraction of sp³-hybridized carbons (Fsp3) is 0.565. The first-order valence-corrected chi connectivity index (χ1v) is 13.7. The molecule has 12 heteroatoms. The van der Waals surface area contributed by atoms with E-state index in [-0.39, 0.29) is 42.4 Å². The summed E-state index contributed by atoms with van der Waals surface area (Å²) in [5.74, 6) is -0.203. The maximum atomic E-state index is 13.0. The molecule has 1 aromatic carbocycles. The Morgan fingerprint density at radius 3 is 2.34 bits per heavy atom. The van der Waals surface area contributed by atoms with Crippen molar-refractivity contribution in [1.29, 1.82) is 5.26 Å². The molecular formula is C23H33Cl2N5O4S. The molecule has 1 aromatic rings. The van der Waals surface area contributed by atoms with E-state index in [4.69, 9.17) is 33.2 Å². The van der Waals surface area contributed by atoms with Gasteiger partial charge in [0.15, 0.2) is 0 Å². The highest BCUT2D eigenvalue weighted by atomic mass is 35.5. The maximum Gasteiger partial charge on any atom is 0.230 e. The number of nitrogens with one attached hydrogen (secondary N) is 2. The number of carbonyl (C=O) groups excluding carboxylic acids is 1. The monoisotopic (exact) mass is 545 g/mol. The van der Waals surface area contributed by atoms with Crippen molar-refractivity contribution in [2.45, 2.75) is 44.0 Å². The fourth-order valence-corrected chi connectivity index (χ4v) is 6.02. The molecule has 0 aliphatic heterocycles. The number of ether oxygens (including phenoxy) is 1. The first-order valence-electron chi connectivity index (χ1n) is 11.2. The average Bonchev–Trinajstić information content (AvgIpc) is 3.66. The van der Waals surface area contributed by atoms with Gasteiger partial charge in [0.05, 0.1) is 35.8 Å². The average molecular weight is 547 g/mol. The van der Waals surface area contributed by atoms with Crippen molar-refractivity contribution >= 4 is 39.1 Å². The third-order valence-electron chi connectivity index (χ3n) is 6.21. The van der Waals surface area contributed by atoms with Crippen LogP contribution in [-0.4, -0.2) is 67.0 Å². The van der Waals surface area contributed by atoms with Crippen LogP contribution in [0.5, 0.6) is 0 Å². The van der Waals surface area contributed by atoms with Gasteiger partial charge in [-0.3, -0.25) is 4.79 Å². The van der Waals surface area contributed by atoms with Crippen molar-refractivity contribution in [3.8, 4) is 6.07 Å². The quantitative estimate of drug-likeness (QED) is 0.210. The van der Waals surface area contributed by atoms with Crippen LogP contribution in [0.15, 0.2) is 36.3 Å². The molecule has 0 aromatic heterocycles. The summed E-state index contributed by atoms with van der Waals surface area (Å²) >= 11 is 11.5. The molecule has 9 nitrogen and oxygen atoms in total. The number of sulfonamides is 1. The Kier molecular flexibility index (Phi) is 10.7. The standard InChI is InChI=1S/C23H33Cl2N5O4S/c1-17(18(2)28-12-20-7-5-19(11-26)6-8-20)22(31)29(4)13-21(27-3)34-14-23(9-10-23)35(32,33)30(15-24)16-25/h5-8,13,17-18,27-28H,9-10,12,14-16H2,1-4H3/b21-13-/t17?,18-/m0/s1. The molecule has 2 rings (SSSR count).